The molecule has 0 atom stereocenters. The summed E-state index contributed by atoms with van der Waals surface area (Å²) in [7, 11) is 0. The number of nitrogens with zero attached hydrogens (tertiary/aromatic N) is 1. The van der Waals surface area contributed by atoms with Crippen molar-refractivity contribution in [2.45, 2.75) is 32.6 Å². The molecule has 0 fully saturated rings. The molecule has 130 valence electrons. The lowest BCUT2D eigenvalue weighted by molar-refractivity contribution is 0.509. The topological polar surface area (TPSA) is 24.9 Å². The van der Waals surface area contributed by atoms with Crippen molar-refractivity contribution in [1.29, 1.82) is 0 Å². The van der Waals surface area contributed by atoms with E-state index < -0.39 is 11.6 Å². The van der Waals surface area contributed by atoms with E-state index in [1.807, 2.05) is 17.5 Å². The zero-order valence-electron chi connectivity index (χ0n) is 14.1. The quantitative estimate of drug-likeness (QED) is 0.483. The Morgan fingerprint density at radius 3 is 2.52 bits per heavy atom. The third kappa shape index (κ3) is 4.63. The fourth-order valence-electron chi connectivity index (χ4n) is 2.58. The first-order valence-electron chi connectivity index (χ1n) is 8.42. The third-order valence-electron chi connectivity index (χ3n) is 3.99. The summed E-state index contributed by atoms with van der Waals surface area (Å²) < 4.78 is 26.4. The molecule has 0 spiro atoms. The highest BCUT2D eigenvalue weighted by Crippen LogP contribution is 2.28. The maximum absolute atomic E-state index is 13.4. The van der Waals surface area contributed by atoms with Crippen LogP contribution in [-0.2, 0) is 6.42 Å². The van der Waals surface area contributed by atoms with E-state index in [1.165, 1.54) is 48.3 Å². The minimum absolute atomic E-state index is 0.564. The van der Waals surface area contributed by atoms with Crippen LogP contribution in [0.5, 0.6) is 0 Å². The van der Waals surface area contributed by atoms with Crippen LogP contribution in [-0.4, -0.2) is 4.98 Å². The van der Waals surface area contributed by atoms with E-state index in [9.17, 15) is 8.78 Å². The zero-order valence-corrected chi connectivity index (χ0v) is 14.9. The summed E-state index contributed by atoms with van der Waals surface area (Å²) in [6, 6.07) is 12.2. The monoisotopic (exact) mass is 358 g/mol. The lowest BCUT2D eigenvalue weighted by atomic mass is 10.1. The highest BCUT2D eigenvalue weighted by molar-refractivity contribution is 7.14. The molecule has 2 nitrogen and oxygen atoms in total. The van der Waals surface area contributed by atoms with Crippen LogP contribution < -0.4 is 5.32 Å². The second kappa shape index (κ2) is 8.21. The van der Waals surface area contributed by atoms with E-state index >= 15 is 0 Å². The average Bonchev–Trinajstić information content (AvgIpc) is 3.08. The van der Waals surface area contributed by atoms with Gasteiger partial charge in [-0.2, -0.15) is 0 Å². The Bertz CT molecular complexity index is 828. The van der Waals surface area contributed by atoms with Gasteiger partial charge >= 0.3 is 0 Å². The van der Waals surface area contributed by atoms with Crippen molar-refractivity contribution >= 4 is 22.2 Å². The van der Waals surface area contributed by atoms with Crippen LogP contribution in [0.3, 0.4) is 0 Å². The Hall–Kier alpha value is -2.27. The molecule has 0 radical (unpaired) electrons. The molecule has 0 aliphatic heterocycles. The van der Waals surface area contributed by atoms with Crippen LogP contribution in [0.25, 0.3) is 11.3 Å². The smallest absolute Gasteiger partial charge is 0.187 e. The van der Waals surface area contributed by atoms with Gasteiger partial charge in [-0.3, -0.25) is 0 Å². The summed E-state index contributed by atoms with van der Waals surface area (Å²) in [6.45, 7) is 2.20. The minimum atomic E-state index is -0.862. The Morgan fingerprint density at radius 1 is 1.00 bits per heavy atom. The van der Waals surface area contributed by atoms with Gasteiger partial charge < -0.3 is 5.32 Å². The van der Waals surface area contributed by atoms with Gasteiger partial charge in [0.2, 0.25) is 0 Å². The summed E-state index contributed by atoms with van der Waals surface area (Å²) in [6.07, 6.45) is 4.80. The van der Waals surface area contributed by atoms with Crippen LogP contribution in [0.2, 0.25) is 0 Å². The number of anilines is 2. The van der Waals surface area contributed by atoms with Crippen LogP contribution >= 0.6 is 11.3 Å². The number of nitrogens with one attached hydrogen (secondary N) is 1. The van der Waals surface area contributed by atoms with Crippen LogP contribution in [0.1, 0.15) is 31.7 Å². The van der Waals surface area contributed by atoms with Gasteiger partial charge in [0.1, 0.15) is 0 Å². The van der Waals surface area contributed by atoms with Crippen molar-refractivity contribution in [2.75, 3.05) is 5.32 Å². The van der Waals surface area contributed by atoms with E-state index in [1.54, 1.807) is 0 Å². The van der Waals surface area contributed by atoms with Gasteiger partial charge in [0, 0.05) is 16.6 Å². The molecule has 0 saturated carbocycles. The first kappa shape index (κ1) is 17.5. The van der Waals surface area contributed by atoms with Gasteiger partial charge in [0.05, 0.1) is 5.69 Å². The fraction of sp³-hybridized carbons (Fsp3) is 0.250. The Balaban J connectivity index is 1.65. The molecule has 1 heterocycles. The molecule has 25 heavy (non-hydrogen) atoms. The normalized spacial score (nSPS) is 10.8. The molecule has 0 bridgehead atoms. The molecule has 2 aromatic carbocycles. The number of aryl methyl sites for hydroxylation is 1. The Labute approximate surface area is 150 Å². The van der Waals surface area contributed by atoms with Crippen molar-refractivity contribution < 1.29 is 8.78 Å². The van der Waals surface area contributed by atoms with Crippen LogP contribution in [0, 0.1) is 11.6 Å². The molecule has 1 N–H and O–H groups in total. The molecule has 3 rings (SSSR count). The van der Waals surface area contributed by atoms with Crippen molar-refractivity contribution in [2.24, 2.45) is 0 Å². The minimum Gasteiger partial charge on any atom is -0.332 e. The lowest BCUT2D eigenvalue weighted by Gasteiger charge is -2.05. The SMILES string of the molecule is CCCCCc1ccc(Nc2nc(-c3ccc(F)c(F)c3)cs2)cc1. The molecule has 0 saturated heterocycles. The van der Waals surface area contributed by atoms with E-state index in [0.717, 1.165) is 23.3 Å². The van der Waals surface area contributed by atoms with E-state index in [-0.39, 0.29) is 0 Å². The van der Waals surface area contributed by atoms with Crippen LogP contribution in [0.15, 0.2) is 47.8 Å². The predicted octanol–water partition coefficient (Wildman–Crippen LogP) is 6.56. The van der Waals surface area contributed by atoms with Gasteiger partial charge in [0.25, 0.3) is 0 Å². The second-order valence-corrected chi connectivity index (χ2v) is 6.80. The van der Waals surface area contributed by atoms with Gasteiger partial charge in [-0.15, -0.1) is 11.3 Å². The number of aromatic nitrogens is 1. The summed E-state index contributed by atoms with van der Waals surface area (Å²) in [5.74, 6) is -1.71. The van der Waals surface area contributed by atoms with Crippen molar-refractivity contribution in [3.05, 3.63) is 65.0 Å². The summed E-state index contributed by atoms with van der Waals surface area (Å²) in [5.41, 5.74) is 3.49. The molecule has 5 heteroatoms. The van der Waals surface area contributed by atoms with E-state index in [0.29, 0.717) is 11.3 Å². The summed E-state index contributed by atoms with van der Waals surface area (Å²) in [5, 5.41) is 5.80. The second-order valence-electron chi connectivity index (χ2n) is 5.95. The van der Waals surface area contributed by atoms with Crippen molar-refractivity contribution in [3.8, 4) is 11.3 Å². The third-order valence-corrected chi connectivity index (χ3v) is 4.75. The molecule has 0 unspecified atom stereocenters. The highest BCUT2D eigenvalue weighted by atomic mass is 32.1. The number of halogens is 2. The van der Waals surface area contributed by atoms with E-state index in [2.05, 4.69) is 29.4 Å². The number of benzene rings is 2. The molecule has 1 aromatic heterocycles. The lowest BCUT2D eigenvalue weighted by Crippen LogP contribution is -1.91. The standard InChI is InChI=1S/C20H20F2N2S/c1-2-3-4-5-14-6-9-16(10-7-14)23-20-24-19(13-25-20)15-8-11-17(21)18(22)12-15/h6-13H,2-5H2,1H3,(H,23,24). The van der Waals surface area contributed by atoms with Gasteiger partial charge in [0.15, 0.2) is 16.8 Å². The number of rotatable bonds is 7. The first-order chi connectivity index (χ1) is 12.2. The molecule has 0 aliphatic rings. The number of hydrogen-bond donors (Lipinski definition) is 1. The van der Waals surface area contributed by atoms with Crippen LogP contribution in [0.4, 0.5) is 19.6 Å². The zero-order chi connectivity index (χ0) is 17.6. The molecule has 3 aromatic rings. The van der Waals surface area contributed by atoms with E-state index in [4.69, 9.17) is 0 Å². The molecular formula is C20H20F2N2S. The number of hydrogen-bond acceptors (Lipinski definition) is 3. The number of thiazole rings is 1. The first-order valence-corrected chi connectivity index (χ1v) is 9.30. The highest BCUT2D eigenvalue weighted by Gasteiger charge is 2.08. The maximum atomic E-state index is 13.4. The predicted molar refractivity (Wildman–Crippen MR) is 100 cm³/mol. The van der Waals surface area contributed by atoms with Crippen molar-refractivity contribution in [3.63, 3.8) is 0 Å². The van der Waals surface area contributed by atoms with Gasteiger partial charge in [-0.1, -0.05) is 31.9 Å². The molecule has 0 amide bonds. The Kier molecular flexibility index (Phi) is 5.76. The number of unbranched alkanes of at least 4 members (excludes halogenated alkanes) is 2. The Morgan fingerprint density at radius 2 is 1.80 bits per heavy atom. The largest absolute Gasteiger partial charge is 0.332 e. The van der Waals surface area contributed by atoms with Gasteiger partial charge in [-0.25, -0.2) is 13.8 Å². The average molecular weight is 358 g/mol. The summed E-state index contributed by atoms with van der Waals surface area (Å²) >= 11 is 1.43. The molecule has 0 aliphatic carbocycles. The summed E-state index contributed by atoms with van der Waals surface area (Å²) in [4.78, 5) is 4.45. The fourth-order valence-corrected chi connectivity index (χ4v) is 3.32. The maximum Gasteiger partial charge on any atom is 0.187 e. The molecular weight excluding hydrogens is 338 g/mol. The van der Waals surface area contributed by atoms with Gasteiger partial charge in [-0.05, 0) is 48.7 Å². The van der Waals surface area contributed by atoms with Crippen molar-refractivity contribution in [1.82, 2.24) is 4.98 Å².